The molecule has 0 bridgehead atoms. The number of anilines is 1. The van der Waals surface area contributed by atoms with Crippen molar-refractivity contribution in [3.63, 3.8) is 0 Å². The topological polar surface area (TPSA) is 134 Å². The number of unbranched alkanes of at least 4 members (excludes halogenated alkanes) is 13. The number of phenols is 1. The van der Waals surface area contributed by atoms with Gasteiger partial charge in [0, 0.05) is 24.1 Å². The highest BCUT2D eigenvalue weighted by Gasteiger charge is 2.25. The van der Waals surface area contributed by atoms with Crippen LogP contribution in [0.5, 0.6) is 5.75 Å². The maximum absolute atomic E-state index is 12.5. The average molecular weight is 645 g/mol. The summed E-state index contributed by atoms with van der Waals surface area (Å²) in [5.74, 6) is -0.0567. The Hall–Kier alpha value is -3.27. The van der Waals surface area contributed by atoms with Crippen molar-refractivity contribution in [3.05, 3.63) is 28.9 Å². The smallest absolute Gasteiger partial charge is 0.407 e. The van der Waals surface area contributed by atoms with Gasteiger partial charge in [0.05, 0.1) is 17.9 Å². The summed E-state index contributed by atoms with van der Waals surface area (Å²) < 4.78 is 6.72. The third kappa shape index (κ3) is 12.2. The quantitative estimate of drug-likeness (QED) is 0.0717. The minimum Gasteiger partial charge on any atom is -0.507 e. The molecule has 0 saturated heterocycles. The first-order valence-electron chi connectivity index (χ1n) is 16.8. The van der Waals surface area contributed by atoms with Gasteiger partial charge in [-0.15, -0.1) is 5.10 Å². The maximum atomic E-state index is 12.5. The summed E-state index contributed by atoms with van der Waals surface area (Å²) in [6.45, 7) is 8.88. The summed E-state index contributed by atoms with van der Waals surface area (Å²) in [5, 5.41) is 23.9. The molecule has 45 heavy (non-hydrogen) atoms. The van der Waals surface area contributed by atoms with Crippen molar-refractivity contribution >= 4 is 34.9 Å². The largest absolute Gasteiger partial charge is 0.507 e. The number of carbonyl (C=O) groups excluding carboxylic acids is 2. The Morgan fingerprint density at radius 1 is 0.956 bits per heavy atom. The summed E-state index contributed by atoms with van der Waals surface area (Å²) in [4.78, 5) is 29.0. The van der Waals surface area contributed by atoms with Crippen molar-refractivity contribution in [1.29, 1.82) is 0 Å². The van der Waals surface area contributed by atoms with E-state index in [2.05, 4.69) is 32.7 Å². The molecule has 2 heterocycles. The second kappa shape index (κ2) is 18.6. The van der Waals surface area contributed by atoms with Crippen molar-refractivity contribution in [1.82, 2.24) is 25.1 Å². The lowest BCUT2D eigenvalue weighted by Gasteiger charge is -2.16. The minimum absolute atomic E-state index is 0.0309. The number of aromatic nitrogens is 4. The fourth-order valence-corrected chi connectivity index (χ4v) is 5.66. The highest BCUT2D eigenvalue weighted by Crippen LogP contribution is 2.34. The zero-order valence-corrected chi connectivity index (χ0v) is 28.4. The lowest BCUT2D eigenvalue weighted by molar-refractivity contribution is -0.116. The number of alkyl carbamates (subject to hydrolysis) is 1. The monoisotopic (exact) mass is 644 g/mol. The molecule has 0 fully saturated rings. The van der Waals surface area contributed by atoms with E-state index in [-0.39, 0.29) is 35.9 Å². The van der Waals surface area contributed by atoms with E-state index in [1.54, 1.807) is 12.1 Å². The van der Waals surface area contributed by atoms with E-state index in [4.69, 9.17) is 16.3 Å². The molecule has 0 radical (unpaired) electrons. The van der Waals surface area contributed by atoms with E-state index < -0.39 is 6.09 Å². The van der Waals surface area contributed by atoms with Gasteiger partial charge in [-0.2, -0.15) is 4.63 Å². The zero-order valence-electron chi connectivity index (χ0n) is 27.6. The molecule has 3 rings (SSSR count). The maximum Gasteiger partial charge on any atom is 0.407 e. The van der Waals surface area contributed by atoms with E-state index in [1.807, 2.05) is 20.8 Å². The lowest BCUT2D eigenvalue weighted by Crippen LogP contribution is -2.28. The predicted octanol–water partition coefficient (Wildman–Crippen LogP) is 8.92. The van der Waals surface area contributed by atoms with Gasteiger partial charge < -0.3 is 20.5 Å². The van der Waals surface area contributed by atoms with Gasteiger partial charge >= 0.3 is 6.09 Å². The molecule has 11 heteroatoms. The Morgan fingerprint density at radius 3 is 2.13 bits per heavy atom. The molecule has 2 amide bonds. The van der Waals surface area contributed by atoms with Crippen LogP contribution in [0.4, 0.5) is 10.5 Å². The Morgan fingerprint density at radius 2 is 1.56 bits per heavy atom. The van der Waals surface area contributed by atoms with E-state index in [0.29, 0.717) is 28.5 Å². The Kier molecular flexibility index (Phi) is 15.0. The van der Waals surface area contributed by atoms with Crippen LogP contribution in [0.2, 0.25) is 5.02 Å². The molecule has 3 aromatic rings. The normalized spacial score (nSPS) is 11.7. The third-order valence-electron chi connectivity index (χ3n) is 7.86. The number of nitrogens with one attached hydrogen (secondary N) is 3. The summed E-state index contributed by atoms with van der Waals surface area (Å²) in [5.41, 5.74) is 1.86. The number of phenolic OH excluding ortho intramolecular Hbond substituents is 1. The number of aromatic amines is 1. The summed E-state index contributed by atoms with van der Waals surface area (Å²) in [6, 6.07) is 4.65. The number of aromatic hydroxyl groups is 1. The first kappa shape index (κ1) is 36.2. The highest BCUT2D eigenvalue weighted by atomic mass is 35.5. The molecular formula is C34H53ClN6O4. The molecule has 0 aliphatic heterocycles. The van der Waals surface area contributed by atoms with Crippen molar-refractivity contribution < 1.29 is 19.4 Å². The van der Waals surface area contributed by atoms with E-state index in [0.717, 1.165) is 18.5 Å². The molecule has 0 aliphatic rings. The first-order chi connectivity index (χ1) is 21.6. The highest BCUT2D eigenvalue weighted by molar-refractivity contribution is 6.34. The number of rotatable bonds is 20. The van der Waals surface area contributed by atoms with Crippen LogP contribution in [-0.2, 0) is 14.9 Å². The molecule has 0 spiro atoms. The molecule has 250 valence electrons. The molecule has 10 nitrogen and oxygen atoms in total. The van der Waals surface area contributed by atoms with Crippen LogP contribution in [0.1, 0.15) is 130 Å². The van der Waals surface area contributed by atoms with Gasteiger partial charge in [0.25, 0.3) is 0 Å². The van der Waals surface area contributed by atoms with Crippen LogP contribution >= 0.6 is 11.6 Å². The second-order valence-corrected chi connectivity index (χ2v) is 13.3. The summed E-state index contributed by atoms with van der Waals surface area (Å²) in [7, 11) is 0. The van der Waals surface area contributed by atoms with Crippen LogP contribution in [0, 0.1) is 0 Å². The number of ether oxygens (including phenoxy) is 1. The van der Waals surface area contributed by atoms with Crippen molar-refractivity contribution in [2.24, 2.45) is 0 Å². The fraction of sp³-hybridized carbons (Fsp3) is 0.647. The second-order valence-electron chi connectivity index (χ2n) is 12.9. The van der Waals surface area contributed by atoms with Gasteiger partial charge in [-0.05, 0) is 24.6 Å². The molecule has 0 aliphatic carbocycles. The molecule has 0 atom stereocenters. The summed E-state index contributed by atoms with van der Waals surface area (Å²) >= 11 is 6.53. The van der Waals surface area contributed by atoms with Crippen LogP contribution < -0.4 is 10.6 Å². The number of hydrogen-bond acceptors (Lipinski definition) is 6. The molecule has 1 aromatic carbocycles. The number of nitrogens with zero attached hydrogens (tertiary/aromatic N) is 3. The van der Waals surface area contributed by atoms with Crippen molar-refractivity contribution in [3.8, 4) is 17.1 Å². The van der Waals surface area contributed by atoms with Crippen LogP contribution in [0.3, 0.4) is 0 Å². The summed E-state index contributed by atoms with van der Waals surface area (Å²) in [6.07, 6.45) is 17.4. The van der Waals surface area contributed by atoms with Crippen molar-refractivity contribution in [2.75, 3.05) is 18.5 Å². The van der Waals surface area contributed by atoms with Gasteiger partial charge in [0.1, 0.15) is 10.8 Å². The van der Waals surface area contributed by atoms with Crippen LogP contribution in [-0.4, -0.2) is 50.1 Å². The first-order valence-corrected chi connectivity index (χ1v) is 17.2. The lowest BCUT2D eigenvalue weighted by atomic mass is 9.92. The number of fused-ring (bicyclic) bond motifs is 1. The average Bonchev–Trinajstić information content (AvgIpc) is 3.55. The van der Waals surface area contributed by atoms with Gasteiger partial charge in [0.15, 0.2) is 11.5 Å². The number of H-pyrrole nitrogens is 1. The molecule has 2 aromatic heterocycles. The van der Waals surface area contributed by atoms with Gasteiger partial charge in [-0.3, -0.25) is 9.89 Å². The third-order valence-corrected chi connectivity index (χ3v) is 8.22. The van der Waals surface area contributed by atoms with Gasteiger partial charge in [-0.25, -0.2) is 9.78 Å². The Balaban J connectivity index is 1.27. The van der Waals surface area contributed by atoms with Gasteiger partial charge in [0.2, 0.25) is 5.91 Å². The SMILES string of the molecule is CCCCCCCCCCCCCCCCOC(=O)NCCC(=O)Nc1ccc(O)c(-c2nc3c(Cl)c(C(C)(C)C)[nH]n3n2)c1. The fourth-order valence-electron chi connectivity index (χ4n) is 5.22. The number of benzene rings is 1. The number of hydrogen-bond donors (Lipinski definition) is 4. The number of halogens is 1. The van der Waals surface area contributed by atoms with Gasteiger partial charge in [-0.1, -0.05) is 123 Å². The molecule has 0 saturated carbocycles. The number of amides is 2. The Bertz CT molecular complexity index is 1350. The van der Waals surface area contributed by atoms with Crippen LogP contribution in [0.15, 0.2) is 18.2 Å². The zero-order chi connectivity index (χ0) is 32.7. The minimum atomic E-state index is -0.515. The predicted molar refractivity (Wildman–Crippen MR) is 181 cm³/mol. The standard InChI is InChI=1S/C34H53ClN6O4/c1-5-6-7-8-9-10-11-12-13-14-15-16-17-18-23-45-33(44)36-22-21-28(43)37-25-19-20-27(42)26(24-25)31-38-32-29(35)30(34(2,3)4)39-41(32)40-31/h19-20,24,39,42H,5-18,21-23H2,1-4H3,(H,36,44)(H,37,43). The van der Waals surface area contributed by atoms with E-state index in [1.165, 1.54) is 87.7 Å². The van der Waals surface area contributed by atoms with E-state index in [9.17, 15) is 14.7 Å². The molecular weight excluding hydrogens is 592 g/mol. The van der Waals surface area contributed by atoms with Crippen LogP contribution in [0.25, 0.3) is 17.0 Å². The Labute approximate surface area is 273 Å². The number of carbonyl (C=O) groups is 2. The molecule has 4 N–H and O–H groups in total. The molecule has 0 unspecified atom stereocenters. The van der Waals surface area contributed by atoms with Crippen molar-refractivity contribution in [2.45, 2.75) is 129 Å². The van der Waals surface area contributed by atoms with E-state index >= 15 is 0 Å².